The molecule has 6 heteroatoms. The number of anilines is 1. The normalized spacial score (nSPS) is 9.62. The van der Waals surface area contributed by atoms with Crippen molar-refractivity contribution in [2.24, 2.45) is 0 Å². The van der Waals surface area contributed by atoms with E-state index in [1.54, 1.807) is 7.05 Å². The van der Waals surface area contributed by atoms with Crippen LogP contribution in [0.1, 0.15) is 5.56 Å². The number of hydrogen-bond donors (Lipinski definition) is 1. The number of nitrogens with one attached hydrogen (secondary N) is 1. The van der Waals surface area contributed by atoms with Crippen LogP contribution in [0.4, 0.5) is 10.1 Å². The number of benzene rings is 1. The van der Waals surface area contributed by atoms with Gasteiger partial charge in [-0.25, -0.2) is 4.39 Å². The summed E-state index contributed by atoms with van der Waals surface area (Å²) in [5.41, 5.74) is 1.01. The summed E-state index contributed by atoms with van der Waals surface area (Å²) in [5.74, 6) is -0.427. The van der Waals surface area contributed by atoms with Crippen molar-refractivity contribution in [1.29, 1.82) is 0 Å². The van der Waals surface area contributed by atoms with E-state index in [1.807, 2.05) is 0 Å². The second-order valence-electron chi connectivity index (χ2n) is 3.05. The molecule has 0 heterocycles. The summed E-state index contributed by atoms with van der Waals surface area (Å²) in [6.45, 7) is 0. The summed E-state index contributed by atoms with van der Waals surface area (Å²) in [4.78, 5) is 10.2. The Labute approximate surface area is 93.6 Å². The molecule has 16 heavy (non-hydrogen) atoms. The zero-order chi connectivity index (χ0) is 12.1. The molecule has 0 aliphatic rings. The minimum Gasteiger partial charge on any atom is -0.388 e. The Morgan fingerprint density at radius 2 is 2.19 bits per heavy atom. The fourth-order valence-corrected chi connectivity index (χ4v) is 1.62. The van der Waals surface area contributed by atoms with E-state index in [4.69, 9.17) is 0 Å². The van der Waals surface area contributed by atoms with E-state index in [0.29, 0.717) is 11.3 Å². The van der Waals surface area contributed by atoms with Crippen LogP contribution in [0.25, 0.3) is 0 Å². The molecule has 0 saturated carbocycles. The molecule has 0 atom stereocenters. The monoisotopic (exact) mass is 243 g/mol. The van der Waals surface area contributed by atoms with Crippen molar-refractivity contribution in [1.82, 2.24) is 0 Å². The van der Waals surface area contributed by atoms with E-state index in [0.717, 1.165) is 0 Å². The third-order valence-corrected chi connectivity index (χ3v) is 2.72. The molecular weight excluding hydrogens is 233 g/mol. The Bertz CT molecular complexity index is 529. The fourth-order valence-electron chi connectivity index (χ4n) is 1.26. The minimum absolute atomic E-state index is 0.0456. The fraction of sp³-hybridized carbons (Fsp3) is 0.200. The van der Waals surface area contributed by atoms with Gasteiger partial charge in [0.05, 0.1) is 0 Å². The van der Waals surface area contributed by atoms with Crippen LogP contribution in [0, 0.1) is 5.82 Å². The van der Waals surface area contributed by atoms with E-state index in [2.05, 4.69) is 5.32 Å². The average molecular weight is 243 g/mol. The largest absolute Gasteiger partial charge is 0.388 e. The van der Waals surface area contributed by atoms with Crippen molar-refractivity contribution in [3.8, 4) is 0 Å². The lowest BCUT2D eigenvalue weighted by Crippen LogP contribution is -2.08. The Hall–Kier alpha value is -1.69. The highest BCUT2D eigenvalue weighted by molar-refractivity contribution is 7.74. The summed E-state index contributed by atoms with van der Waals surface area (Å²) >= 11 is 0. The van der Waals surface area contributed by atoms with Crippen LogP contribution >= 0.6 is 0 Å². The van der Waals surface area contributed by atoms with Crippen LogP contribution in [0.2, 0.25) is 0 Å². The Morgan fingerprint density at radius 3 is 2.69 bits per heavy atom. The van der Waals surface area contributed by atoms with Gasteiger partial charge in [0, 0.05) is 19.2 Å². The summed E-state index contributed by atoms with van der Waals surface area (Å²) in [7, 11) is -0.952. The molecule has 0 unspecified atom stereocenters. The summed E-state index contributed by atoms with van der Waals surface area (Å²) in [6, 6.07) is 3.90. The number of carbonyl (C=O) groups is 1. The van der Waals surface area contributed by atoms with Crippen LogP contribution < -0.4 is 5.32 Å². The molecule has 1 aromatic rings. The lowest BCUT2D eigenvalue weighted by atomic mass is 10.1. The number of rotatable bonds is 4. The Morgan fingerprint density at radius 1 is 1.50 bits per heavy atom. The molecule has 86 valence electrons. The number of carbonyl (C=O) groups excluding carboxylic acids is 1. The maximum Gasteiger partial charge on any atom is 0.220 e. The number of halogens is 1. The van der Waals surface area contributed by atoms with Crippen LogP contribution in [-0.4, -0.2) is 26.6 Å². The zero-order valence-corrected chi connectivity index (χ0v) is 9.34. The third-order valence-electron chi connectivity index (χ3n) is 2.05. The van der Waals surface area contributed by atoms with Crippen LogP contribution in [0.3, 0.4) is 0 Å². The lowest BCUT2D eigenvalue weighted by Gasteiger charge is -2.07. The highest BCUT2D eigenvalue weighted by Crippen LogP contribution is 2.17. The van der Waals surface area contributed by atoms with Crippen molar-refractivity contribution in [2.45, 2.75) is 6.42 Å². The zero-order valence-electron chi connectivity index (χ0n) is 8.53. The van der Waals surface area contributed by atoms with Gasteiger partial charge in [-0.3, -0.25) is 4.79 Å². The summed E-state index contributed by atoms with van der Waals surface area (Å²) < 4.78 is 34.2. The predicted octanol–water partition coefficient (Wildman–Crippen LogP) is 0.660. The van der Waals surface area contributed by atoms with Gasteiger partial charge in [0.15, 0.2) is 6.29 Å². The van der Waals surface area contributed by atoms with Crippen molar-refractivity contribution in [2.75, 3.05) is 12.4 Å². The first-order valence-electron chi connectivity index (χ1n) is 4.45. The molecule has 0 aliphatic heterocycles. The third kappa shape index (κ3) is 2.90. The van der Waals surface area contributed by atoms with Crippen LogP contribution in [-0.2, 0) is 21.5 Å². The Balaban J connectivity index is 3.15. The van der Waals surface area contributed by atoms with Gasteiger partial charge in [0.1, 0.15) is 10.7 Å². The predicted molar refractivity (Wildman–Crippen MR) is 59.6 cm³/mol. The summed E-state index contributed by atoms with van der Waals surface area (Å²) in [5, 5.41) is 2.73. The molecule has 0 amide bonds. The molecule has 1 rings (SSSR count). The van der Waals surface area contributed by atoms with Gasteiger partial charge in [-0.15, -0.1) is 0 Å². The second kappa shape index (κ2) is 5.41. The van der Waals surface area contributed by atoms with E-state index in [9.17, 15) is 17.6 Å². The molecule has 0 aliphatic carbocycles. The van der Waals surface area contributed by atoms with E-state index in [1.165, 1.54) is 18.2 Å². The van der Waals surface area contributed by atoms with Gasteiger partial charge in [-0.1, -0.05) is 6.07 Å². The molecule has 0 fully saturated rings. The van der Waals surface area contributed by atoms with E-state index in [-0.39, 0.29) is 17.6 Å². The smallest absolute Gasteiger partial charge is 0.220 e. The van der Waals surface area contributed by atoms with Gasteiger partial charge in [-0.2, -0.15) is 8.42 Å². The van der Waals surface area contributed by atoms with Gasteiger partial charge < -0.3 is 5.32 Å². The van der Waals surface area contributed by atoms with Crippen molar-refractivity contribution >= 4 is 27.1 Å². The molecule has 4 nitrogen and oxygen atoms in total. The average Bonchev–Trinajstić information content (AvgIpc) is 2.26. The number of aldehydes is 1. The molecule has 0 aromatic heterocycles. The van der Waals surface area contributed by atoms with Crippen LogP contribution in [0.5, 0.6) is 0 Å². The number of hydrogen-bond acceptors (Lipinski definition) is 4. The standard InChI is InChI=1S/C10H10FNO3S/c1-12-10-5-8(11)3-2-7(10)4-9(6-13)16(14)15/h2-3,5-6,12H,4H2,1H3. The van der Waals surface area contributed by atoms with E-state index >= 15 is 0 Å². The molecule has 0 bridgehead atoms. The first-order valence-corrected chi connectivity index (χ1v) is 5.52. The minimum atomic E-state index is -2.54. The topological polar surface area (TPSA) is 63.2 Å². The quantitative estimate of drug-likeness (QED) is 0.623. The lowest BCUT2D eigenvalue weighted by molar-refractivity contribution is -0.102. The van der Waals surface area contributed by atoms with Gasteiger partial charge in [-0.05, 0) is 17.7 Å². The maximum atomic E-state index is 12.9. The van der Waals surface area contributed by atoms with Crippen molar-refractivity contribution in [3.05, 3.63) is 29.6 Å². The van der Waals surface area contributed by atoms with E-state index < -0.39 is 16.1 Å². The second-order valence-corrected chi connectivity index (χ2v) is 4.04. The van der Waals surface area contributed by atoms with Crippen LogP contribution in [0.15, 0.2) is 18.2 Å². The molecule has 1 N–H and O–H groups in total. The van der Waals surface area contributed by atoms with Gasteiger partial charge >= 0.3 is 0 Å². The molecular formula is C10H10FNO3S. The summed E-state index contributed by atoms with van der Waals surface area (Å²) in [6.07, 6.45) is 0.238. The maximum absolute atomic E-state index is 12.9. The van der Waals surface area contributed by atoms with Crippen molar-refractivity contribution in [3.63, 3.8) is 0 Å². The SMILES string of the molecule is CNc1cc(F)ccc1CC(C=O)=S(=O)=O. The highest BCUT2D eigenvalue weighted by Gasteiger charge is 2.07. The molecule has 1 aromatic carbocycles. The molecule has 0 spiro atoms. The van der Waals surface area contributed by atoms with Crippen molar-refractivity contribution < 1.29 is 17.6 Å². The molecule has 0 radical (unpaired) electrons. The highest BCUT2D eigenvalue weighted by atomic mass is 32.2. The Kier molecular flexibility index (Phi) is 4.19. The first kappa shape index (κ1) is 12.4. The molecule has 0 saturated heterocycles. The van der Waals surface area contributed by atoms with Gasteiger partial charge in [0.2, 0.25) is 10.3 Å². The van der Waals surface area contributed by atoms with Gasteiger partial charge in [0.25, 0.3) is 0 Å². The first-order chi connectivity index (χ1) is 7.58.